The van der Waals surface area contributed by atoms with E-state index in [1.165, 1.54) is 18.4 Å². The Hall–Kier alpha value is -1.81. The Kier molecular flexibility index (Phi) is 3.99. The van der Waals surface area contributed by atoms with Gasteiger partial charge in [-0.1, -0.05) is 30.3 Å². The molecule has 0 saturated carbocycles. The third-order valence-corrected chi connectivity index (χ3v) is 3.55. The molecule has 1 aromatic carbocycles. The molecule has 90 valence electrons. The molecule has 0 bridgehead atoms. The lowest BCUT2D eigenvalue weighted by Crippen LogP contribution is -1.97. The molecule has 0 atom stereocenters. The number of thiocarbonyl (C=S) groups is 1. The first-order chi connectivity index (χ1) is 8.76. The average Bonchev–Trinajstić information content (AvgIpc) is 2.83. The number of hydrogen-bond donors (Lipinski definition) is 0. The monoisotopic (exact) mass is 275 g/mol. The van der Waals surface area contributed by atoms with Crippen molar-refractivity contribution in [2.75, 3.05) is 7.11 Å². The highest BCUT2D eigenvalue weighted by atomic mass is 32.1. The Balaban J connectivity index is 2.52. The molecule has 0 aliphatic heterocycles. The number of aliphatic imine (C=N–C) groups is 1. The van der Waals surface area contributed by atoms with Crippen molar-refractivity contribution in [2.24, 2.45) is 4.99 Å². The maximum Gasteiger partial charge on any atom is 0.350 e. The van der Waals surface area contributed by atoms with Gasteiger partial charge in [0, 0.05) is 4.88 Å². The number of thiophene rings is 1. The van der Waals surface area contributed by atoms with Gasteiger partial charge in [-0.2, -0.15) is 4.99 Å². The fourth-order valence-corrected chi connectivity index (χ4v) is 2.62. The van der Waals surface area contributed by atoms with Crippen LogP contribution in [0.3, 0.4) is 0 Å². The van der Waals surface area contributed by atoms with E-state index < -0.39 is 5.97 Å². The molecule has 0 aliphatic carbocycles. The summed E-state index contributed by atoms with van der Waals surface area (Å²) in [6, 6.07) is 11.6. The van der Waals surface area contributed by atoms with Crippen LogP contribution in [-0.2, 0) is 4.74 Å². The summed E-state index contributed by atoms with van der Waals surface area (Å²) in [6.45, 7) is 0. The predicted octanol–water partition coefficient (Wildman–Crippen LogP) is 3.94. The molecular weight excluding hydrogens is 266 g/mol. The number of hydrogen-bond acceptors (Lipinski definition) is 5. The van der Waals surface area contributed by atoms with E-state index in [4.69, 9.17) is 4.74 Å². The first kappa shape index (κ1) is 12.6. The molecule has 0 N–H and O–H groups in total. The number of ether oxygens (including phenoxy) is 1. The number of esters is 1. The smallest absolute Gasteiger partial charge is 0.350 e. The van der Waals surface area contributed by atoms with Gasteiger partial charge in [0.25, 0.3) is 0 Å². The molecule has 3 nitrogen and oxygen atoms in total. The van der Waals surface area contributed by atoms with Gasteiger partial charge in [-0.15, -0.1) is 11.3 Å². The summed E-state index contributed by atoms with van der Waals surface area (Å²) in [4.78, 5) is 16.9. The molecule has 1 heterocycles. The summed E-state index contributed by atoms with van der Waals surface area (Å²) in [7, 11) is 1.34. The van der Waals surface area contributed by atoms with Crippen molar-refractivity contribution >= 4 is 40.4 Å². The maximum absolute atomic E-state index is 11.6. The molecule has 0 amide bonds. The van der Waals surface area contributed by atoms with Gasteiger partial charge in [0.1, 0.15) is 4.88 Å². The molecule has 5 heteroatoms. The second-order valence-electron chi connectivity index (χ2n) is 3.39. The fourth-order valence-electron chi connectivity index (χ4n) is 1.50. The summed E-state index contributed by atoms with van der Waals surface area (Å²) < 4.78 is 4.72. The lowest BCUT2D eigenvalue weighted by Gasteiger charge is -1.95. The van der Waals surface area contributed by atoms with E-state index in [-0.39, 0.29) is 0 Å². The van der Waals surface area contributed by atoms with Gasteiger partial charge in [0.05, 0.1) is 18.0 Å². The number of carbonyl (C=O) groups excluding carboxylic acids is 1. The average molecular weight is 275 g/mol. The third-order valence-electron chi connectivity index (χ3n) is 2.31. The van der Waals surface area contributed by atoms with Crippen molar-refractivity contribution in [3.8, 4) is 10.4 Å². The minimum Gasteiger partial charge on any atom is -0.465 e. The highest BCUT2D eigenvalue weighted by molar-refractivity contribution is 7.78. The summed E-state index contributed by atoms with van der Waals surface area (Å²) in [5.74, 6) is -0.411. The van der Waals surface area contributed by atoms with E-state index in [1.54, 1.807) is 0 Å². The molecule has 0 aliphatic rings. The molecular formula is C13H9NO2S2. The van der Waals surface area contributed by atoms with E-state index in [0.29, 0.717) is 10.6 Å². The van der Waals surface area contributed by atoms with Crippen LogP contribution in [0.1, 0.15) is 9.67 Å². The largest absolute Gasteiger partial charge is 0.465 e. The third kappa shape index (κ3) is 2.54. The van der Waals surface area contributed by atoms with Gasteiger partial charge in [0.15, 0.2) is 0 Å². The molecule has 2 rings (SSSR count). The number of carbonyl (C=O) groups is 1. The minimum absolute atomic E-state index is 0.411. The molecule has 2 aromatic rings. The molecule has 0 saturated heterocycles. The van der Waals surface area contributed by atoms with Crippen LogP contribution in [0.25, 0.3) is 10.4 Å². The molecule has 0 fully saturated rings. The quantitative estimate of drug-likeness (QED) is 0.484. The van der Waals surface area contributed by atoms with E-state index in [0.717, 1.165) is 10.4 Å². The summed E-state index contributed by atoms with van der Waals surface area (Å²) in [5, 5.41) is 2.28. The summed E-state index contributed by atoms with van der Waals surface area (Å²) in [5.41, 5.74) is 1.53. The second-order valence-corrected chi connectivity index (χ2v) is 4.62. The highest BCUT2D eigenvalue weighted by Gasteiger charge is 2.17. The van der Waals surface area contributed by atoms with E-state index >= 15 is 0 Å². The zero-order valence-electron chi connectivity index (χ0n) is 9.54. The second kappa shape index (κ2) is 5.69. The van der Waals surface area contributed by atoms with Gasteiger partial charge < -0.3 is 4.74 Å². The van der Waals surface area contributed by atoms with Crippen LogP contribution in [0.4, 0.5) is 5.69 Å². The molecule has 0 unspecified atom stereocenters. The summed E-state index contributed by atoms with van der Waals surface area (Å²) in [6.07, 6.45) is 0. The number of benzene rings is 1. The van der Waals surface area contributed by atoms with Crippen LogP contribution < -0.4 is 0 Å². The standard InChI is InChI=1S/C13H9NO2S2/c1-16-13(15)12-10(14-8-17)7-11(18-12)9-5-3-2-4-6-9/h2-7H,1H3. The van der Waals surface area contributed by atoms with Crippen LogP contribution in [0.2, 0.25) is 0 Å². The van der Waals surface area contributed by atoms with Crippen molar-refractivity contribution in [1.29, 1.82) is 0 Å². The van der Waals surface area contributed by atoms with E-state index in [9.17, 15) is 4.79 Å². The van der Waals surface area contributed by atoms with Crippen molar-refractivity contribution in [2.45, 2.75) is 0 Å². The molecule has 0 radical (unpaired) electrons. The fraction of sp³-hybridized carbons (Fsp3) is 0.0769. The number of isothiocyanates is 1. The van der Waals surface area contributed by atoms with Crippen LogP contribution in [0, 0.1) is 0 Å². The van der Waals surface area contributed by atoms with Crippen LogP contribution in [0.5, 0.6) is 0 Å². The Morgan fingerprint density at radius 2 is 2.11 bits per heavy atom. The van der Waals surface area contributed by atoms with Crippen LogP contribution >= 0.6 is 23.6 Å². The van der Waals surface area contributed by atoms with Gasteiger partial charge in [-0.3, -0.25) is 0 Å². The van der Waals surface area contributed by atoms with E-state index in [2.05, 4.69) is 22.4 Å². The molecule has 0 spiro atoms. The lowest BCUT2D eigenvalue weighted by atomic mass is 10.2. The van der Waals surface area contributed by atoms with Crippen LogP contribution in [0.15, 0.2) is 41.4 Å². The highest BCUT2D eigenvalue weighted by Crippen LogP contribution is 2.36. The van der Waals surface area contributed by atoms with Crippen molar-refractivity contribution in [3.05, 3.63) is 41.3 Å². The summed E-state index contributed by atoms with van der Waals surface area (Å²) >= 11 is 5.91. The topological polar surface area (TPSA) is 38.7 Å². The van der Waals surface area contributed by atoms with E-state index in [1.807, 2.05) is 36.4 Å². The number of nitrogens with zero attached hydrogens (tertiary/aromatic N) is 1. The Labute approximate surface area is 114 Å². The Bertz CT molecular complexity index is 613. The minimum atomic E-state index is -0.411. The molecule has 1 aromatic heterocycles. The normalized spacial score (nSPS) is 9.61. The first-order valence-electron chi connectivity index (χ1n) is 5.11. The van der Waals surface area contributed by atoms with Gasteiger partial charge in [0.2, 0.25) is 0 Å². The van der Waals surface area contributed by atoms with Crippen molar-refractivity contribution < 1.29 is 9.53 Å². The first-order valence-corrected chi connectivity index (χ1v) is 6.34. The van der Waals surface area contributed by atoms with Gasteiger partial charge in [-0.05, 0) is 23.8 Å². The lowest BCUT2D eigenvalue weighted by molar-refractivity contribution is 0.0607. The maximum atomic E-state index is 11.6. The predicted molar refractivity (Wildman–Crippen MR) is 75.8 cm³/mol. The van der Waals surface area contributed by atoms with Crippen LogP contribution in [-0.4, -0.2) is 18.2 Å². The Morgan fingerprint density at radius 3 is 2.72 bits per heavy atom. The van der Waals surface area contributed by atoms with Crippen molar-refractivity contribution in [3.63, 3.8) is 0 Å². The van der Waals surface area contributed by atoms with Gasteiger partial charge >= 0.3 is 5.97 Å². The number of methoxy groups -OCH3 is 1. The zero-order valence-corrected chi connectivity index (χ0v) is 11.2. The number of rotatable bonds is 3. The Morgan fingerprint density at radius 1 is 1.39 bits per heavy atom. The van der Waals surface area contributed by atoms with Crippen molar-refractivity contribution in [1.82, 2.24) is 0 Å². The SMILES string of the molecule is COC(=O)c1sc(-c2ccccc2)cc1N=C=S. The van der Waals surface area contributed by atoms with Gasteiger partial charge in [-0.25, -0.2) is 4.79 Å². The zero-order chi connectivity index (χ0) is 13.0. The molecule has 18 heavy (non-hydrogen) atoms.